The lowest BCUT2D eigenvalue weighted by Crippen LogP contribution is -2.35. The predicted molar refractivity (Wildman–Crippen MR) is 85.3 cm³/mol. The van der Waals surface area contributed by atoms with Crippen molar-refractivity contribution < 1.29 is 8.42 Å². The van der Waals surface area contributed by atoms with E-state index in [2.05, 4.69) is 25.6 Å². The van der Waals surface area contributed by atoms with Crippen LogP contribution >= 0.6 is 15.9 Å². The third-order valence-electron chi connectivity index (χ3n) is 3.02. The van der Waals surface area contributed by atoms with Crippen LogP contribution in [-0.4, -0.2) is 18.4 Å². The van der Waals surface area contributed by atoms with Crippen LogP contribution in [0.2, 0.25) is 0 Å². The Kier molecular flexibility index (Phi) is 4.69. The highest BCUT2D eigenvalue weighted by atomic mass is 79.9. The molecule has 0 unspecified atom stereocenters. The normalized spacial score (nSPS) is 13.0. The highest BCUT2D eigenvalue weighted by Crippen LogP contribution is 2.19. The number of hydrogen-bond donors (Lipinski definition) is 3. The lowest BCUT2D eigenvalue weighted by atomic mass is 10.1. The molecule has 0 spiro atoms. The molecule has 0 amide bonds. The molecule has 0 aliphatic heterocycles. The van der Waals surface area contributed by atoms with Gasteiger partial charge < -0.3 is 4.98 Å². The molecule has 2 rings (SSSR count). The number of aromatic nitrogens is 2. The minimum absolute atomic E-state index is 0.0114. The summed E-state index contributed by atoms with van der Waals surface area (Å²) in [5.74, 6) is 0. The van der Waals surface area contributed by atoms with Crippen LogP contribution in [0, 0.1) is 6.92 Å². The number of halogens is 1. The summed E-state index contributed by atoms with van der Waals surface area (Å²) >= 11 is 3.31. The maximum Gasteiger partial charge on any atom is 0.325 e. The lowest BCUT2D eigenvalue weighted by Gasteiger charge is -2.15. The summed E-state index contributed by atoms with van der Waals surface area (Å²) in [7, 11) is -4.08. The largest absolute Gasteiger partial charge is 0.325 e. The molecule has 1 heterocycles. The van der Waals surface area contributed by atoms with Crippen LogP contribution < -0.4 is 16.0 Å². The van der Waals surface area contributed by atoms with Crippen LogP contribution in [0.5, 0.6) is 0 Å². The highest BCUT2D eigenvalue weighted by Gasteiger charge is 2.24. The fourth-order valence-electron chi connectivity index (χ4n) is 2.05. The number of aryl methyl sites for hydroxylation is 1. The molecule has 1 aromatic carbocycles. The van der Waals surface area contributed by atoms with Crippen LogP contribution in [-0.2, 0) is 10.0 Å². The number of sulfonamides is 1. The van der Waals surface area contributed by atoms with E-state index in [9.17, 15) is 18.0 Å². The maximum absolute atomic E-state index is 12.4. The molecule has 1 atom stereocenters. The summed E-state index contributed by atoms with van der Waals surface area (Å²) in [6, 6.07) is 6.59. The van der Waals surface area contributed by atoms with E-state index in [-0.39, 0.29) is 5.69 Å². The highest BCUT2D eigenvalue weighted by molar-refractivity contribution is 9.10. The topological polar surface area (TPSA) is 112 Å². The number of aromatic amines is 2. The molecule has 22 heavy (non-hydrogen) atoms. The minimum atomic E-state index is -4.08. The van der Waals surface area contributed by atoms with E-state index in [0.29, 0.717) is 0 Å². The number of hydrogen-bond acceptors (Lipinski definition) is 4. The molecule has 1 aromatic heterocycles. The van der Waals surface area contributed by atoms with E-state index < -0.39 is 32.2 Å². The van der Waals surface area contributed by atoms with Crippen molar-refractivity contribution in [3.8, 4) is 0 Å². The van der Waals surface area contributed by atoms with Gasteiger partial charge in [0.1, 0.15) is 0 Å². The van der Waals surface area contributed by atoms with Crippen molar-refractivity contribution in [2.75, 3.05) is 0 Å². The summed E-state index contributed by atoms with van der Waals surface area (Å²) < 4.78 is 28.0. The number of H-pyrrole nitrogens is 2. The smallest absolute Gasteiger partial charge is 0.310 e. The second kappa shape index (κ2) is 6.19. The second-order valence-electron chi connectivity index (χ2n) is 4.76. The molecule has 0 bridgehead atoms. The molecular formula is C13H14BrN3O4S. The summed E-state index contributed by atoms with van der Waals surface area (Å²) in [5.41, 5.74) is -0.976. The first-order chi connectivity index (χ1) is 10.2. The van der Waals surface area contributed by atoms with E-state index in [0.717, 1.165) is 10.0 Å². The fraction of sp³-hybridized carbons (Fsp3) is 0.231. The predicted octanol–water partition coefficient (Wildman–Crippen LogP) is 1.17. The lowest BCUT2D eigenvalue weighted by molar-refractivity contribution is 0.563. The number of benzene rings is 1. The zero-order chi connectivity index (χ0) is 16.5. The summed E-state index contributed by atoms with van der Waals surface area (Å²) in [6.45, 7) is 3.02. The van der Waals surface area contributed by atoms with Gasteiger partial charge in [-0.05, 0) is 31.5 Å². The van der Waals surface area contributed by atoms with Gasteiger partial charge in [0.05, 0.1) is 0 Å². The van der Waals surface area contributed by atoms with Gasteiger partial charge in [0, 0.05) is 16.2 Å². The van der Waals surface area contributed by atoms with E-state index in [1.807, 2.05) is 11.1 Å². The summed E-state index contributed by atoms with van der Waals surface area (Å²) in [6.07, 6.45) is 0. The Morgan fingerprint density at radius 1 is 1.23 bits per heavy atom. The van der Waals surface area contributed by atoms with Gasteiger partial charge in [0.15, 0.2) is 4.90 Å². The Labute approximate surface area is 135 Å². The van der Waals surface area contributed by atoms with E-state index in [1.54, 1.807) is 25.1 Å². The Morgan fingerprint density at radius 2 is 1.91 bits per heavy atom. The molecule has 0 aliphatic carbocycles. The molecule has 9 heteroatoms. The second-order valence-corrected chi connectivity index (χ2v) is 7.33. The zero-order valence-corrected chi connectivity index (χ0v) is 14.2. The van der Waals surface area contributed by atoms with Crippen LogP contribution in [0.25, 0.3) is 0 Å². The van der Waals surface area contributed by atoms with Gasteiger partial charge in [-0.1, -0.05) is 28.1 Å². The van der Waals surface area contributed by atoms with Crippen molar-refractivity contribution in [1.82, 2.24) is 14.7 Å². The first-order valence-electron chi connectivity index (χ1n) is 6.31. The van der Waals surface area contributed by atoms with Crippen molar-refractivity contribution in [2.45, 2.75) is 24.8 Å². The van der Waals surface area contributed by atoms with Gasteiger partial charge in [0.2, 0.25) is 10.0 Å². The molecule has 118 valence electrons. The number of rotatable bonds is 4. The summed E-state index contributed by atoms with van der Waals surface area (Å²) in [5, 5.41) is 0. The average molecular weight is 388 g/mol. The standard InChI is InChI=1S/C13H14BrN3O4S/c1-7(9-4-3-5-10(14)6-9)17-22(20,21)11-8(2)15-13(19)16-12(11)18/h3-7,17H,1-2H3,(H2,15,16,18,19)/t7-/m1/s1. The Bertz CT molecular complexity index is 917. The molecule has 0 saturated carbocycles. The third kappa shape index (κ3) is 3.54. The van der Waals surface area contributed by atoms with E-state index in [1.165, 1.54) is 6.92 Å². The van der Waals surface area contributed by atoms with Crippen molar-refractivity contribution >= 4 is 26.0 Å². The van der Waals surface area contributed by atoms with Crippen molar-refractivity contribution in [1.29, 1.82) is 0 Å². The summed E-state index contributed by atoms with van der Waals surface area (Å²) in [4.78, 5) is 26.6. The molecule has 0 aliphatic rings. The van der Waals surface area contributed by atoms with Gasteiger partial charge in [-0.3, -0.25) is 9.78 Å². The van der Waals surface area contributed by atoms with Gasteiger partial charge >= 0.3 is 5.69 Å². The van der Waals surface area contributed by atoms with E-state index >= 15 is 0 Å². The molecule has 3 N–H and O–H groups in total. The first kappa shape index (κ1) is 16.7. The number of nitrogens with one attached hydrogen (secondary N) is 3. The quantitative estimate of drug-likeness (QED) is 0.730. The van der Waals surface area contributed by atoms with Crippen molar-refractivity contribution in [3.63, 3.8) is 0 Å². The van der Waals surface area contributed by atoms with Gasteiger partial charge in [-0.15, -0.1) is 0 Å². The third-order valence-corrected chi connectivity index (χ3v) is 5.21. The minimum Gasteiger partial charge on any atom is -0.310 e. The molecular weight excluding hydrogens is 374 g/mol. The van der Waals surface area contributed by atoms with Gasteiger partial charge in [-0.25, -0.2) is 17.9 Å². The first-order valence-corrected chi connectivity index (χ1v) is 8.59. The molecule has 2 aromatic rings. The monoisotopic (exact) mass is 387 g/mol. The molecule has 0 fully saturated rings. The van der Waals surface area contributed by atoms with Crippen LogP contribution in [0.3, 0.4) is 0 Å². The maximum atomic E-state index is 12.4. The van der Waals surface area contributed by atoms with Crippen molar-refractivity contribution in [2.24, 2.45) is 0 Å². The Morgan fingerprint density at radius 3 is 2.50 bits per heavy atom. The van der Waals surface area contributed by atoms with Gasteiger partial charge in [0.25, 0.3) is 5.56 Å². The van der Waals surface area contributed by atoms with Crippen LogP contribution in [0.4, 0.5) is 0 Å². The van der Waals surface area contributed by atoms with Crippen LogP contribution in [0.15, 0.2) is 43.2 Å². The van der Waals surface area contributed by atoms with Crippen LogP contribution in [0.1, 0.15) is 24.2 Å². The average Bonchev–Trinajstić information content (AvgIpc) is 2.36. The van der Waals surface area contributed by atoms with Crippen molar-refractivity contribution in [3.05, 3.63) is 60.8 Å². The fourth-order valence-corrected chi connectivity index (χ4v) is 3.93. The zero-order valence-electron chi connectivity index (χ0n) is 11.8. The SMILES string of the molecule is Cc1[nH]c(=O)[nH]c(=O)c1S(=O)(=O)N[C@H](C)c1cccc(Br)c1. The van der Waals surface area contributed by atoms with Gasteiger partial charge in [-0.2, -0.15) is 0 Å². The molecule has 7 nitrogen and oxygen atoms in total. The molecule has 0 saturated heterocycles. The van der Waals surface area contributed by atoms with E-state index in [4.69, 9.17) is 0 Å². The Hall–Kier alpha value is -1.71. The Balaban J connectivity index is 2.40. The molecule has 0 radical (unpaired) electrons.